The smallest absolute Gasteiger partial charge is 0.213 e. The second kappa shape index (κ2) is 12.3. The van der Waals surface area contributed by atoms with Gasteiger partial charge in [-0.25, -0.2) is 9.98 Å². The predicted molar refractivity (Wildman–Crippen MR) is 114 cm³/mol. The standard InChI is InChI=1S/C18H31N5O.HI/c1-4-10-23-11-7-16(8-12-23)22-18(19-5-2)21-14-15-6-9-20-17(13-15)24-3;/h6,9,13,16H,4-5,7-8,10-12,14H2,1-3H3,(H2,19,21,22);1H. The van der Waals surface area contributed by atoms with Crippen LogP contribution in [0.5, 0.6) is 5.88 Å². The summed E-state index contributed by atoms with van der Waals surface area (Å²) in [4.78, 5) is 11.4. The molecule has 2 heterocycles. The van der Waals surface area contributed by atoms with Gasteiger partial charge in [0.25, 0.3) is 0 Å². The van der Waals surface area contributed by atoms with Crippen molar-refractivity contribution in [2.45, 2.75) is 45.7 Å². The number of guanidine groups is 1. The molecule has 0 spiro atoms. The molecule has 142 valence electrons. The van der Waals surface area contributed by atoms with Crippen molar-refractivity contribution in [1.82, 2.24) is 20.5 Å². The number of likely N-dealkylation sites (tertiary alicyclic amines) is 1. The number of pyridine rings is 1. The first-order valence-electron chi connectivity index (χ1n) is 9.01. The van der Waals surface area contributed by atoms with Crippen LogP contribution in [-0.4, -0.2) is 55.2 Å². The number of hydrogen-bond acceptors (Lipinski definition) is 4. The summed E-state index contributed by atoms with van der Waals surface area (Å²) < 4.78 is 5.17. The average molecular weight is 461 g/mol. The highest BCUT2D eigenvalue weighted by molar-refractivity contribution is 14.0. The Morgan fingerprint density at radius 1 is 1.36 bits per heavy atom. The largest absolute Gasteiger partial charge is 0.481 e. The highest BCUT2D eigenvalue weighted by atomic mass is 127. The number of nitrogens with zero attached hydrogens (tertiary/aromatic N) is 3. The van der Waals surface area contributed by atoms with Crippen LogP contribution in [0.1, 0.15) is 38.7 Å². The molecule has 7 heteroatoms. The SMILES string of the molecule is CCCN1CCC(NC(=NCc2ccnc(OC)c2)NCC)CC1.I. The number of hydrogen-bond donors (Lipinski definition) is 2. The second-order valence-corrected chi connectivity index (χ2v) is 6.16. The van der Waals surface area contributed by atoms with Crippen LogP contribution in [0.15, 0.2) is 23.3 Å². The van der Waals surface area contributed by atoms with Crippen LogP contribution in [0.3, 0.4) is 0 Å². The third-order valence-corrected chi connectivity index (χ3v) is 4.24. The van der Waals surface area contributed by atoms with Gasteiger partial charge in [-0.05, 0) is 44.4 Å². The Morgan fingerprint density at radius 2 is 2.12 bits per heavy atom. The molecule has 0 aliphatic carbocycles. The summed E-state index contributed by atoms with van der Waals surface area (Å²) in [5.41, 5.74) is 1.09. The fourth-order valence-electron chi connectivity index (χ4n) is 2.96. The Labute approximate surface area is 168 Å². The fraction of sp³-hybridized carbons (Fsp3) is 0.667. The van der Waals surface area contributed by atoms with Crippen LogP contribution in [-0.2, 0) is 6.54 Å². The average Bonchev–Trinajstić information content (AvgIpc) is 2.62. The number of nitrogens with one attached hydrogen (secondary N) is 2. The van der Waals surface area contributed by atoms with Gasteiger partial charge in [0.2, 0.25) is 5.88 Å². The van der Waals surface area contributed by atoms with Crippen molar-refractivity contribution in [2.75, 3.05) is 33.3 Å². The lowest BCUT2D eigenvalue weighted by atomic mass is 10.1. The maximum Gasteiger partial charge on any atom is 0.213 e. The van der Waals surface area contributed by atoms with E-state index in [1.54, 1.807) is 13.3 Å². The molecule has 1 aromatic rings. The van der Waals surface area contributed by atoms with Gasteiger partial charge >= 0.3 is 0 Å². The Morgan fingerprint density at radius 3 is 2.76 bits per heavy atom. The van der Waals surface area contributed by atoms with Gasteiger partial charge in [-0.15, -0.1) is 24.0 Å². The maximum absolute atomic E-state index is 5.17. The van der Waals surface area contributed by atoms with Crippen molar-refractivity contribution < 1.29 is 4.74 Å². The molecule has 2 N–H and O–H groups in total. The number of halogens is 1. The molecule has 1 aliphatic heterocycles. The first-order valence-corrected chi connectivity index (χ1v) is 9.01. The van der Waals surface area contributed by atoms with E-state index < -0.39 is 0 Å². The lowest BCUT2D eigenvalue weighted by molar-refractivity contribution is 0.206. The topological polar surface area (TPSA) is 61.8 Å². The molecule has 0 amide bonds. The van der Waals surface area contributed by atoms with E-state index in [-0.39, 0.29) is 24.0 Å². The van der Waals surface area contributed by atoms with Gasteiger partial charge < -0.3 is 20.3 Å². The van der Waals surface area contributed by atoms with Gasteiger partial charge in [0, 0.05) is 37.9 Å². The summed E-state index contributed by atoms with van der Waals surface area (Å²) >= 11 is 0. The van der Waals surface area contributed by atoms with E-state index in [1.807, 2.05) is 12.1 Å². The lowest BCUT2D eigenvalue weighted by Gasteiger charge is -2.32. The van der Waals surface area contributed by atoms with Crippen LogP contribution < -0.4 is 15.4 Å². The molecule has 0 saturated carbocycles. The summed E-state index contributed by atoms with van der Waals surface area (Å²) in [6.07, 6.45) is 5.34. The molecule has 1 aromatic heterocycles. The van der Waals surface area contributed by atoms with Crippen molar-refractivity contribution >= 4 is 29.9 Å². The van der Waals surface area contributed by atoms with Crippen LogP contribution in [0.4, 0.5) is 0 Å². The first kappa shape index (κ1) is 22.0. The Hall–Kier alpha value is -1.09. The zero-order valence-corrected chi connectivity index (χ0v) is 18.0. The summed E-state index contributed by atoms with van der Waals surface area (Å²) in [5.74, 6) is 1.52. The van der Waals surface area contributed by atoms with Gasteiger partial charge in [-0.2, -0.15) is 0 Å². The van der Waals surface area contributed by atoms with Crippen LogP contribution in [0, 0.1) is 0 Å². The monoisotopic (exact) mass is 461 g/mol. The number of rotatable bonds is 7. The van der Waals surface area contributed by atoms with Gasteiger partial charge in [0.1, 0.15) is 0 Å². The normalized spacial score (nSPS) is 16.2. The van der Waals surface area contributed by atoms with Crippen molar-refractivity contribution in [1.29, 1.82) is 0 Å². The van der Waals surface area contributed by atoms with Gasteiger partial charge in [-0.1, -0.05) is 6.92 Å². The minimum absolute atomic E-state index is 0. The highest BCUT2D eigenvalue weighted by Gasteiger charge is 2.19. The Balaban J connectivity index is 0.00000312. The number of aromatic nitrogens is 1. The van der Waals surface area contributed by atoms with Crippen LogP contribution >= 0.6 is 24.0 Å². The van der Waals surface area contributed by atoms with Crippen LogP contribution in [0.25, 0.3) is 0 Å². The molecule has 1 fully saturated rings. The van der Waals surface area contributed by atoms with Gasteiger partial charge in [0.15, 0.2) is 5.96 Å². The van der Waals surface area contributed by atoms with Gasteiger partial charge in [-0.3, -0.25) is 0 Å². The second-order valence-electron chi connectivity index (χ2n) is 6.16. The molecule has 0 bridgehead atoms. The molecule has 0 unspecified atom stereocenters. The number of ether oxygens (including phenoxy) is 1. The van der Waals surface area contributed by atoms with E-state index in [2.05, 4.69) is 34.4 Å². The number of aliphatic imine (C=N–C) groups is 1. The van der Waals surface area contributed by atoms with E-state index in [4.69, 9.17) is 9.73 Å². The van der Waals surface area contributed by atoms with Crippen molar-refractivity contribution in [3.8, 4) is 5.88 Å². The van der Waals surface area contributed by atoms with E-state index in [1.165, 1.54) is 38.9 Å². The molecular weight excluding hydrogens is 429 g/mol. The molecule has 2 rings (SSSR count). The zero-order chi connectivity index (χ0) is 17.2. The molecule has 25 heavy (non-hydrogen) atoms. The van der Waals surface area contributed by atoms with E-state index in [0.717, 1.165) is 18.1 Å². The summed E-state index contributed by atoms with van der Waals surface area (Å²) in [6.45, 7) is 9.37. The lowest BCUT2D eigenvalue weighted by Crippen LogP contribution is -2.48. The summed E-state index contributed by atoms with van der Waals surface area (Å²) in [5, 5.41) is 6.93. The molecule has 0 aromatic carbocycles. The number of methoxy groups -OCH3 is 1. The zero-order valence-electron chi connectivity index (χ0n) is 15.6. The van der Waals surface area contributed by atoms with Crippen molar-refractivity contribution in [3.63, 3.8) is 0 Å². The summed E-state index contributed by atoms with van der Waals surface area (Å²) in [7, 11) is 1.63. The Bertz CT molecular complexity index is 518. The molecule has 1 aliphatic rings. The first-order chi connectivity index (χ1) is 11.7. The molecule has 6 nitrogen and oxygen atoms in total. The molecule has 1 saturated heterocycles. The minimum Gasteiger partial charge on any atom is -0.481 e. The molecule has 0 atom stereocenters. The van der Waals surface area contributed by atoms with Crippen LogP contribution in [0.2, 0.25) is 0 Å². The quantitative estimate of drug-likeness (QED) is 0.372. The summed E-state index contributed by atoms with van der Waals surface area (Å²) in [6, 6.07) is 4.40. The van der Waals surface area contributed by atoms with Gasteiger partial charge in [0.05, 0.1) is 13.7 Å². The fourth-order valence-corrected chi connectivity index (χ4v) is 2.96. The number of piperidine rings is 1. The van der Waals surface area contributed by atoms with E-state index in [9.17, 15) is 0 Å². The van der Waals surface area contributed by atoms with E-state index >= 15 is 0 Å². The van der Waals surface area contributed by atoms with E-state index in [0.29, 0.717) is 18.5 Å². The highest BCUT2D eigenvalue weighted by Crippen LogP contribution is 2.11. The minimum atomic E-state index is 0. The third-order valence-electron chi connectivity index (χ3n) is 4.24. The maximum atomic E-state index is 5.17. The van der Waals surface area contributed by atoms with Crippen molar-refractivity contribution in [2.24, 2.45) is 4.99 Å². The third kappa shape index (κ3) is 7.77. The molecular formula is C18H32IN5O. The molecule has 0 radical (unpaired) electrons. The predicted octanol–water partition coefficient (Wildman–Crippen LogP) is 2.64. The Kier molecular flexibility index (Phi) is 10.8. The van der Waals surface area contributed by atoms with Crippen molar-refractivity contribution in [3.05, 3.63) is 23.9 Å².